The molecule has 0 saturated carbocycles. The summed E-state index contributed by atoms with van der Waals surface area (Å²) in [7, 11) is 0. The molecule has 0 unspecified atom stereocenters. The normalized spacial score (nSPS) is 19.3. The molecule has 1 atom stereocenters. The molecular formula is C26H37Cl2N9O2. The van der Waals surface area contributed by atoms with Crippen molar-refractivity contribution < 1.29 is 9.59 Å². The molecule has 2 saturated heterocycles. The zero-order chi connectivity index (χ0) is 28.1. The number of nitrogens with one attached hydrogen (secondary N) is 1. The molecule has 2 fully saturated rings. The van der Waals surface area contributed by atoms with Crippen LogP contribution < -0.4 is 27.4 Å². The van der Waals surface area contributed by atoms with Gasteiger partial charge < -0.3 is 27.4 Å². The van der Waals surface area contributed by atoms with Crippen LogP contribution in [0.4, 0.5) is 16.4 Å². The SMILES string of the molecule is CC[C@H]1CN(c2nc(N)c(C(N)=O)nc2Cl)CCN1C1CCN(Cc2ccc(Cl)cc2CCNC(N)=O)CC1. The summed E-state index contributed by atoms with van der Waals surface area (Å²) in [6.07, 6.45) is 3.85. The van der Waals surface area contributed by atoms with Gasteiger partial charge >= 0.3 is 6.03 Å². The molecule has 0 bridgehead atoms. The molecule has 11 nitrogen and oxygen atoms in total. The topological polar surface area (TPSA) is 160 Å². The first-order chi connectivity index (χ1) is 18.7. The number of piperidine rings is 1. The minimum Gasteiger partial charge on any atom is -0.382 e. The predicted octanol–water partition coefficient (Wildman–Crippen LogP) is 2.24. The quantitative estimate of drug-likeness (QED) is 0.353. The van der Waals surface area contributed by atoms with Crippen molar-refractivity contribution in [3.05, 3.63) is 45.2 Å². The van der Waals surface area contributed by atoms with E-state index in [9.17, 15) is 9.59 Å². The summed E-state index contributed by atoms with van der Waals surface area (Å²) in [5, 5.41) is 3.49. The van der Waals surface area contributed by atoms with Crippen molar-refractivity contribution in [1.29, 1.82) is 0 Å². The van der Waals surface area contributed by atoms with Crippen molar-refractivity contribution >= 4 is 46.8 Å². The van der Waals surface area contributed by atoms with Gasteiger partial charge in [-0.3, -0.25) is 14.6 Å². The Balaban J connectivity index is 1.35. The summed E-state index contributed by atoms with van der Waals surface area (Å²) in [6, 6.07) is 6.30. The van der Waals surface area contributed by atoms with Crippen LogP contribution in [0, 0.1) is 0 Å². The van der Waals surface area contributed by atoms with Gasteiger partial charge in [0.15, 0.2) is 22.5 Å². The lowest BCUT2D eigenvalue weighted by Gasteiger charge is -2.47. The number of anilines is 2. The van der Waals surface area contributed by atoms with Crippen LogP contribution in [0.3, 0.4) is 0 Å². The first-order valence-corrected chi connectivity index (χ1v) is 14.1. The number of piperazine rings is 1. The molecular weight excluding hydrogens is 541 g/mol. The summed E-state index contributed by atoms with van der Waals surface area (Å²) in [6.45, 7) is 7.92. The van der Waals surface area contributed by atoms with Crippen LogP contribution in [0.2, 0.25) is 10.2 Å². The van der Waals surface area contributed by atoms with Crippen LogP contribution in [-0.4, -0.2) is 83.1 Å². The van der Waals surface area contributed by atoms with Crippen molar-refractivity contribution in [2.24, 2.45) is 11.5 Å². The third kappa shape index (κ3) is 7.21. The Morgan fingerprint density at radius 3 is 2.49 bits per heavy atom. The number of nitrogens with zero attached hydrogens (tertiary/aromatic N) is 5. The molecule has 1 aromatic heterocycles. The maximum Gasteiger partial charge on any atom is 0.312 e. The Morgan fingerprint density at radius 1 is 1.08 bits per heavy atom. The van der Waals surface area contributed by atoms with E-state index in [1.807, 2.05) is 12.1 Å². The zero-order valence-corrected chi connectivity index (χ0v) is 23.7. The molecule has 3 heterocycles. The lowest BCUT2D eigenvalue weighted by molar-refractivity contribution is 0.0610. The molecule has 212 valence electrons. The van der Waals surface area contributed by atoms with E-state index in [4.69, 9.17) is 40.4 Å². The molecule has 2 aliphatic rings. The second-order valence-electron chi connectivity index (χ2n) is 10.1. The van der Waals surface area contributed by atoms with Crippen LogP contribution in [0.1, 0.15) is 47.8 Å². The molecule has 39 heavy (non-hydrogen) atoms. The van der Waals surface area contributed by atoms with Gasteiger partial charge in [-0.15, -0.1) is 0 Å². The van der Waals surface area contributed by atoms with Crippen LogP contribution in [0.25, 0.3) is 0 Å². The molecule has 7 N–H and O–H groups in total. The van der Waals surface area contributed by atoms with Crippen molar-refractivity contribution in [1.82, 2.24) is 25.1 Å². The predicted molar refractivity (Wildman–Crippen MR) is 154 cm³/mol. The number of urea groups is 1. The number of primary amides is 2. The Labute approximate surface area is 239 Å². The summed E-state index contributed by atoms with van der Waals surface area (Å²) in [5.41, 5.74) is 18.7. The van der Waals surface area contributed by atoms with Crippen LogP contribution in [-0.2, 0) is 13.0 Å². The third-order valence-electron chi connectivity index (χ3n) is 7.68. The minimum atomic E-state index is -0.747. The fraction of sp³-hybridized carbons (Fsp3) is 0.538. The first kappa shape index (κ1) is 29.1. The number of nitrogens with two attached hydrogens (primary N) is 3. The first-order valence-electron chi connectivity index (χ1n) is 13.3. The molecule has 3 amide bonds. The van der Waals surface area contributed by atoms with Gasteiger partial charge in [-0.2, -0.15) is 0 Å². The Morgan fingerprint density at radius 2 is 1.82 bits per heavy atom. The second-order valence-corrected chi connectivity index (χ2v) is 10.9. The van der Waals surface area contributed by atoms with Crippen molar-refractivity contribution in [2.75, 3.05) is 49.9 Å². The monoisotopic (exact) mass is 577 g/mol. The van der Waals surface area contributed by atoms with E-state index in [1.54, 1.807) is 0 Å². The van der Waals surface area contributed by atoms with Crippen LogP contribution in [0.15, 0.2) is 18.2 Å². The highest BCUT2D eigenvalue weighted by atomic mass is 35.5. The van der Waals surface area contributed by atoms with Gasteiger partial charge in [-0.1, -0.05) is 36.2 Å². The second kappa shape index (κ2) is 13.0. The van der Waals surface area contributed by atoms with E-state index in [-0.39, 0.29) is 16.7 Å². The lowest BCUT2D eigenvalue weighted by atomic mass is 9.97. The standard InChI is InChI=1S/C26H37Cl2N9O2/c1-2-19-15-36(25-22(28)33-21(24(30)38)23(29)34-25)11-12-37(19)20-6-9-35(10-7-20)14-17-3-4-18(27)13-16(17)5-8-32-26(31)39/h3-4,13,19-20H,2,5-12,14-15H2,1H3,(H2,29,34)(H2,30,38)(H3,31,32,39)/t19-/m0/s1. The summed E-state index contributed by atoms with van der Waals surface area (Å²) < 4.78 is 0. The van der Waals surface area contributed by atoms with Crippen LogP contribution >= 0.6 is 23.2 Å². The van der Waals surface area contributed by atoms with E-state index < -0.39 is 11.9 Å². The molecule has 13 heteroatoms. The number of aromatic nitrogens is 2. The van der Waals surface area contributed by atoms with Gasteiger partial charge in [0.25, 0.3) is 5.91 Å². The Hall–Kier alpha value is -2.86. The van der Waals surface area contributed by atoms with Gasteiger partial charge in [0, 0.05) is 49.8 Å². The Bertz CT molecular complexity index is 1190. The van der Waals surface area contributed by atoms with Gasteiger partial charge in [0.05, 0.1) is 0 Å². The number of hydrogen-bond acceptors (Lipinski definition) is 8. The highest BCUT2D eigenvalue weighted by molar-refractivity contribution is 6.32. The van der Waals surface area contributed by atoms with E-state index in [1.165, 1.54) is 5.56 Å². The highest BCUT2D eigenvalue weighted by Crippen LogP contribution is 2.30. The van der Waals surface area contributed by atoms with E-state index in [0.717, 1.165) is 64.1 Å². The maximum atomic E-state index is 11.5. The number of carbonyl (C=O) groups is 2. The molecule has 2 aromatic rings. The number of likely N-dealkylation sites (tertiary alicyclic amines) is 1. The van der Waals surface area contributed by atoms with Gasteiger partial charge in [0.2, 0.25) is 0 Å². The van der Waals surface area contributed by atoms with Crippen LogP contribution in [0.5, 0.6) is 0 Å². The van der Waals surface area contributed by atoms with Crippen molar-refractivity contribution in [3.63, 3.8) is 0 Å². The number of benzene rings is 1. The zero-order valence-electron chi connectivity index (χ0n) is 22.2. The molecule has 4 rings (SSSR count). The Kier molecular flexibility index (Phi) is 9.71. The smallest absolute Gasteiger partial charge is 0.312 e. The summed E-state index contributed by atoms with van der Waals surface area (Å²) >= 11 is 12.6. The van der Waals surface area contributed by atoms with E-state index in [2.05, 4.69) is 43.0 Å². The van der Waals surface area contributed by atoms with E-state index >= 15 is 0 Å². The van der Waals surface area contributed by atoms with Crippen molar-refractivity contribution in [3.8, 4) is 0 Å². The number of rotatable bonds is 9. The average molecular weight is 579 g/mol. The van der Waals surface area contributed by atoms with Gasteiger partial charge in [-0.05, 0) is 62.0 Å². The minimum absolute atomic E-state index is 0.00210. The molecule has 0 spiro atoms. The maximum absolute atomic E-state index is 11.5. The van der Waals surface area contributed by atoms with E-state index in [0.29, 0.717) is 35.9 Å². The third-order valence-corrected chi connectivity index (χ3v) is 8.17. The number of halogens is 2. The molecule has 0 aliphatic carbocycles. The van der Waals surface area contributed by atoms with Gasteiger partial charge in [0.1, 0.15) is 0 Å². The molecule has 0 radical (unpaired) electrons. The number of amides is 3. The fourth-order valence-corrected chi connectivity index (χ4v) is 6.10. The highest BCUT2D eigenvalue weighted by Gasteiger charge is 2.34. The molecule has 2 aliphatic heterocycles. The number of nitrogen functional groups attached to an aromatic ring is 1. The molecule has 1 aromatic carbocycles. The summed E-state index contributed by atoms with van der Waals surface area (Å²) in [4.78, 5) is 38.3. The lowest BCUT2D eigenvalue weighted by Crippen LogP contribution is -2.58. The fourth-order valence-electron chi connectivity index (χ4n) is 5.66. The number of hydrogen-bond donors (Lipinski definition) is 4. The van der Waals surface area contributed by atoms with Gasteiger partial charge in [-0.25, -0.2) is 14.8 Å². The average Bonchev–Trinajstić information content (AvgIpc) is 2.91. The largest absolute Gasteiger partial charge is 0.382 e. The summed E-state index contributed by atoms with van der Waals surface area (Å²) in [5.74, 6) is -0.252. The number of carbonyl (C=O) groups excluding carboxylic acids is 2. The van der Waals surface area contributed by atoms with Crippen molar-refractivity contribution in [2.45, 2.75) is 51.2 Å².